The Hall–Kier alpha value is -0.860. The first-order chi connectivity index (χ1) is 8.49. The van der Waals surface area contributed by atoms with Gasteiger partial charge >= 0.3 is 0 Å². The van der Waals surface area contributed by atoms with Crippen LogP contribution in [0.25, 0.3) is 0 Å². The summed E-state index contributed by atoms with van der Waals surface area (Å²) >= 11 is 0. The van der Waals surface area contributed by atoms with E-state index in [9.17, 15) is 0 Å². The molecule has 2 rings (SSSR count). The van der Waals surface area contributed by atoms with Gasteiger partial charge in [0, 0.05) is 31.7 Å². The van der Waals surface area contributed by atoms with Crippen LogP contribution in [-0.4, -0.2) is 30.1 Å². The van der Waals surface area contributed by atoms with Crippen LogP contribution in [0.2, 0.25) is 0 Å². The van der Waals surface area contributed by atoms with Gasteiger partial charge in [0.1, 0.15) is 0 Å². The third kappa shape index (κ3) is 3.12. The predicted molar refractivity (Wildman–Crippen MR) is 77.9 cm³/mol. The van der Waals surface area contributed by atoms with Crippen LogP contribution in [0, 0.1) is 0 Å². The molecule has 1 saturated heterocycles. The molecular formula is C16H26N2. The molecule has 18 heavy (non-hydrogen) atoms. The summed E-state index contributed by atoms with van der Waals surface area (Å²) in [5.41, 5.74) is 3.11. The maximum absolute atomic E-state index is 3.47. The first-order valence-corrected chi connectivity index (χ1v) is 7.04. The second-order valence-corrected chi connectivity index (χ2v) is 6.31. The standard InChI is InChI=1S/C16H26N2/c1-13(2)15-7-5-14(6-8-15)11-18-10-9-17-12-16(18,3)4/h5-8,13,17H,9-12H2,1-4H3. The number of rotatable bonds is 3. The lowest BCUT2D eigenvalue weighted by atomic mass is 9.98. The van der Waals surface area contributed by atoms with Crippen molar-refractivity contribution in [2.75, 3.05) is 19.6 Å². The number of hydrogen-bond acceptors (Lipinski definition) is 2. The molecule has 0 spiro atoms. The minimum atomic E-state index is 0.259. The summed E-state index contributed by atoms with van der Waals surface area (Å²) in [6, 6.07) is 9.12. The molecule has 0 unspecified atom stereocenters. The van der Waals surface area contributed by atoms with Gasteiger partial charge in [-0.25, -0.2) is 0 Å². The highest BCUT2D eigenvalue weighted by molar-refractivity contribution is 5.24. The minimum Gasteiger partial charge on any atom is -0.314 e. The SMILES string of the molecule is CC(C)c1ccc(CN2CCNCC2(C)C)cc1. The second-order valence-electron chi connectivity index (χ2n) is 6.31. The summed E-state index contributed by atoms with van der Waals surface area (Å²) in [6.07, 6.45) is 0. The molecule has 1 N–H and O–H groups in total. The van der Waals surface area contributed by atoms with Crippen LogP contribution < -0.4 is 5.32 Å². The molecule has 0 atom stereocenters. The second kappa shape index (κ2) is 5.41. The number of benzene rings is 1. The van der Waals surface area contributed by atoms with Crippen LogP contribution in [0.1, 0.15) is 44.7 Å². The molecule has 2 heteroatoms. The zero-order valence-corrected chi connectivity index (χ0v) is 12.2. The van der Waals surface area contributed by atoms with Gasteiger partial charge in [0.2, 0.25) is 0 Å². The van der Waals surface area contributed by atoms with E-state index in [1.807, 2.05) is 0 Å². The Morgan fingerprint density at radius 3 is 2.44 bits per heavy atom. The maximum atomic E-state index is 3.47. The lowest BCUT2D eigenvalue weighted by molar-refractivity contribution is 0.0827. The molecule has 1 heterocycles. The molecule has 1 aromatic carbocycles. The summed E-state index contributed by atoms with van der Waals surface area (Å²) < 4.78 is 0. The van der Waals surface area contributed by atoms with Gasteiger partial charge in [-0.1, -0.05) is 38.1 Å². The van der Waals surface area contributed by atoms with Crippen molar-refractivity contribution in [3.05, 3.63) is 35.4 Å². The first kappa shape index (κ1) is 13.6. The van der Waals surface area contributed by atoms with E-state index in [4.69, 9.17) is 0 Å². The summed E-state index contributed by atoms with van der Waals surface area (Å²) in [6.45, 7) is 13.5. The summed E-state index contributed by atoms with van der Waals surface area (Å²) in [7, 11) is 0. The van der Waals surface area contributed by atoms with E-state index in [0.29, 0.717) is 5.92 Å². The summed E-state index contributed by atoms with van der Waals surface area (Å²) in [5, 5.41) is 3.47. The van der Waals surface area contributed by atoms with Crippen molar-refractivity contribution in [2.24, 2.45) is 0 Å². The van der Waals surface area contributed by atoms with E-state index in [0.717, 1.165) is 26.2 Å². The normalized spacial score (nSPS) is 20.3. The lowest BCUT2D eigenvalue weighted by Gasteiger charge is -2.43. The molecule has 1 aliphatic heterocycles. The Morgan fingerprint density at radius 2 is 1.89 bits per heavy atom. The van der Waals surface area contributed by atoms with Gasteiger partial charge in [-0.05, 0) is 30.9 Å². The zero-order chi connectivity index (χ0) is 13.2. The van der Waals surface area contributed by atoms with Crippen molar-refractivity contribution in [3.63, 3.8) is 0 Å². The van der Waals surface area contributed by atoms with Crippen molar-refractivity contribution >= 4 is 0 Å². The van der Waals surface area contributed by atoms with Gasteiger partial charge in [0.25, 0.3) is 0 Å². The average Bonchev–Trinajstić information content (AvgIpc) is 2.32. The Bertz CT molecular complexity index is 379. The fourth-order valence-electron chi connectivity index (χ4n) is 2.54. The molecule has 2 nitrogen and oxygen atoms in total. The van der Waals surface area contributed by atoms with Gasteiger partial charge in [-0.2, -0.15) is 0 Å². The fraction of sp³-hybridized carbons (Fsp3) is 0.625. The van der Waals surface area contributed by atoms with Gasteiger partial charge in [-0.3, -0.25) is 4.90 Å². The molecule has 0 saturated carbocycles. The highest BCUT2D eigenvalue weighted by atomic mass is 15.2. The fourth-order valence-corrected chi connectivity index (χ4v) is 2.54. The predicted octanol–water partition coefficient (Wildman–Crippen LogP) is 2.99. The highest BCUT2D eigenvalue weighted by Gasteiger charge is 2.29. The van der Waals surface area contributed by atoms with Crippen molar-refractivity contribution in [1.82, 2.24) is 10.2 Å². The van der Waals surface area contributed by atoms with Crippen LogP contribution in [0.5, 0.6) is 0 Å². The van der Waals surface area contributed by atoms with Crippen LogP contribution in [0.15, 0.2) is 24.3 Å². The summed E-state index contributed by atoms with van der Waals surface area (Å²) in [4.78, 5) is 2.58. The molecule has 0 amide bonds. The largest absolute Gasteiger partial charge is 0.314 e. The molecule has 0 aromatic heterocycles. The zero-order valence-electron chi connectivity index (χ0n) is 12.2. The third-order valence-electron chi connectivity index (χ3n) is 3.99. The maximum Gasteiger partial charge on any atom is 0.0281 e. The van der Waals surface area contributed by atoms with E-state index in [-0.39, 0.29) is 5.54 Å². The molecule has 1 aromatic rings. The Labute approximate surface area is 111 Å². The monoisotopic (exact) mass is 246 g/mol. The van der Waals surface area contributed by atoms with Crippen molar-refractivity contribution in [3.8, 4) is 0 Å². The third-order valence-corrected chi connectivity index (χ3v) is 3.99. The van der Waals surface area contributed by atoms with Crippen LogP contribution >= 0.6 is 0 Å². The Kier molecular flexibility index (Phi) is 4.08. The van der Waals surface area contributed by atoms with Gasteiger partial charge in [-0.15, -0.1) is 0 Å². The first-order valence-electron chi connectivity index (χ1n) is 7.04. The van der Waals surface area contributed by atoms with Crippen molar-refractivity contribution in [2.45, 2.75) is 45.7 Å². The molecule has 1 aliphatic rings. The average molecular weight is 246 g/mol. The highest BCUT2D eigenvalue weighted by Crippen LogP contribution is 2.21. The van der Waals surface area contributed by atoms with E-state index in [2.05, 4.69) is 62.2 Å². The minimum absolute atomic E-state index is 0.259. The van der Waals surface area contributed by atoms with E-state index in [1.165, 1.54) is 11.1 Å². The molecule has 0 aliphatic carbocycles. The lowest BCUT2D eigenvalue weighted by Crippen LogP contribution is -2.57. The molecular weight excluding hydrogens is 220 g/mol. The van der Waals surface area contributed by atoms with E-state index < -0.39 is 0 Å². The van der Waals surface area contributed by atoms with Gasteiger partial charge < -0.3 is 5.32 Å². The smallest absolute Gasteiger partial charge is 0.0281 e. The topological polar surface area (TPSA) is 15.3 Å². The van der Waals surface area contributed by atoms with Crippen LogP contribution in [0.3, 0.4) is 0 Å². The van der Waals surface area contributed by atoms with Gasteiger partial charge in [0.05, 0.1) is 0 Å². The molecule has 1 fully saturated rings. The molecule has 0 bridgehead atoms. The van der Waals surface area contributed by atoms with E-state index in [1.54, 1.807) is 0 Å². The number of piperazine rings is 1. The number of nitrogens with one attached hydrogen (secondary N) is 1. The van der Waals surface area contributed by atoms with Crippen molar-refractivity contribution in [1.29, 1.82) is 0 Å². The number of nitrogens with zero attached hydrogens (tertiary/aromatic N) is 1. The van der Waals surface area contributed by atoms with E-state index >= 15 is 0 Å². The summed E-state index contributed by atoms with van der Waals surface area (Å²) in [5.74, 6) is 0.620. The number of hydrogen-bond donors (Lipinski definition) is 1. The van der Waals surface area contributed by atoms with Crippen LogP contribution in [0.4, 0.5) is 0 Å². The van der Waals surface area contributed by atoms with Crippen molar-refractivity contribution < 1.29 is 0 Å². The molecule has 0 radical (unpaired) electrons. The Balaban J connectivity index is 2.04. The molecule has 100 valence electrons. The van der Waals surface area contributed by atoms with Crippen LogP contribution in [-0.2, 0) is 6.54 Å². The Morgan fingerprint density at radius 1 is 1.22 bits per heavy atom. The van der Waals surface area contributed by atoms with Gasteiger partial charge in [0.15, 0.2) is 0 Å². The quantitative estimate of drug-likeness (QED) is 0.882.